The minimum atomic E-state index is -1.07. The molecule has 1 unspecified atom stereocenters. The molecular weight excluding hydrogens is 284 g/mol. The van der Waals surface area contributed by atoms with Gasteiger partial charge in [0.1, 0.15) is 5.82 Å². The molecule has 2 saturated heterocycles. The van der Waals surface area contributed by atoms with Gasteiger partial charge < -0.3 is 14.9 Å². The zero-order chi connectivity index (χ0) is 15.7. The molecule has 22 heavy (non-hydrogen) atoms. The van der Waals surface area contributed by atoms with Gasteiger partial charge in [0.15, 0.2) is 5.69 Å². The summed E-state index contributed by atoms with van der Waals surface area (Å²) in [7, 11) is 1.86. The number of aromatic carboxylic acids is 1. The fourth-order valence-corrected chi connectivity index (χ4v) is 3.56. The number of nitrogens with zero attached hydrogens (tertiary/aromatic N) is 4. The summed E-state index contributed by atoms with van der Waals surface area (Å²) in [6.45, 7) is 2.51. The zero-order valence-electron chi connectivity index (χ0n) is 12.7. The summed E-state index contributed by atoms with van der Waals surface area (Å²) in [5.74, 6) is -0.140. The molecule has 1 aromatic rings. The van der Waals surface area contributed by atoms with E-state index in [1.807, 2.05) is 11.9 Å². The molecule has 3 rings (SSSR count). The van der Waals surface area contributed by atoms with Crippen molar-refractivity contribution in [1.29, 1.82) is 0 Å². The van der Waals surface area contributed by atoms with E-state index < -0.39 is 5.97 Å². The van der Waals surface area contributed by atoms with Gasteiger partial charge in [-0.2, -0.15) is 0 Å². The van der Waals surface area contributed by atoms with Crippen molar-refractivity contribution < 1.29 is 14.7 Å². The van der Waals surface area contributed by atoms with Gasteiger partial charge in [-0.25, -0.2) is 14.8 Å². The monoisotopic (exact) mass is 304 g/mol. The number of piperidine rings is 2. The van der Waals surface area contributed by atoms with Crippen LogP contribution in [-0.2, 0) is 4.79 Å². The second-order valence-electron chi connectivity index (χ2n) is 6.34. The van der Waals surface area contributed by atoms with Gasteiger partial charge in [0.25, 0.3) is 0 Å². The van der Waals surface area contributed by atoms with Crippen molar-refractivity contribution in [3.8, 4) is 0 Å². The lowest BCUT2D eigenvalue weighted by Crippen LogP contribution is -2.53. The van der Waals surface area contributed by atoms with Crippen molar-refractivity contribution in [1.82, 2.24) is 14.9 Å². The number of hydrogen-bond acceptors (Lipinski definition) is 5. The number of hydrogen-bond donors (Lipinski definition) is 1. The van der Waals surface area contributed by atoms with Crippen molar-refractivity contribution in [2.45, 2.75) is 25.7 Å². The summed E-state index contributed by atoms with van der Waals surface area (Å²) in [5.41, 5.74) is 0.0760. The molecule has 2 fully saturated rings. The van der Waals surface area contributed by atoms with Gasteiger partial charge in [0.2, 0.25) is 5.91 Å². The Morgan fingerprint density at radius 1 is 1.27 bits per heavy atom. The molecule has 0 aliphatic carbocycles. The molecule has 0 aromatic carbocycles. The Morgan fingerprint density at radius 3 is 2.73 bits per heavy atom. The molecule has 0 radical (unpaired) electrons. The van der Waals surface area contributed by atoms with Gasteiger partial charge in [0.05, 0.1) is 12.4 Å². The minimum absolute atomic E-state index is 0.0431. The standard InChI is InChI=1S/C15H20N4O3/c1-18-9-15(5-3-13(18)20)4-2-6-19(10-15)12-8-16-11(7-17-12)14(21)22/h7-8H,2-6,9-10H2,1H3,(H,21,22). The van der Waals surface area contributed by atoms with Crippen LogP contribution in [-0.4, -0.2) is 58.5 Å². The Hall–Kier alpha value is -2.18. The molecule has 0 bridgehead atoms. The molecule has 2 aliphatic rings. The smallest absolute Gasteiger partial charge is 0.356 e. The fourth-order valence-electron chi connectivity index (χ4n) is 3.56. The lowest BCUT2D eigenvalue weighted by atomic mass is 9.73. The third-order valence-corrected chi connectivity index (χ3v) is 4.71. The number of anilines is 1. The molecule has 1 aromatic heterocycles. The Labute approximate surface area is 129 Å². The van der Waals surface area contributed by atoms with Crippen LogP contribution in [0.25, 0.3) is 0 Å². The van der Waals surface area contributed by atoms with E-state index in [1.54, 1.807) is 0 Å². The molecule has 1 atom stereocenters. The summed E-state index contributed by atoms with van der Waals surface area (Å²) in [6, 6.07) is 0. The van der Waals surface area contributed by atoms with Gasteiger partial charge >= 0.3 is 5.97 Å². The molecular formula is C15H20N4O3. The maximum absolute atomic E-state index is 11.7. The first-order valence-corrected chi connectivity index (χ1v) is 7.53. The lowest BCUT2D eigenvalue weighted by molar-refractivity contribution is -0.136. The number of carbonyl (C=O) groups is 2. The van der Waals surface area contributed by atoms with Gasteiger partial charge in [-0.05, 0) is 19.3 Å². The van der Waals surface area contributed by atoms with E-state index in [0.717, 1.165) is 38.9 Å². The molecule has 118 valence electrons. The van der Waals surface area contributed by atoms with Gasteiger partial charge in [-0.1, -0.05) is 0 Å². The van der Waals surface area contributed by atoms with Crippen LogP contribution in [0.1, 0.15) is 36.2 Å². The summed E-state index contributed by atoms with van der Waals surface area (Å²) < 4.78 is 0. The third kappa shape index (κ3) is 2.75. The maximum Gasteiger partial charge on any atom is 0.356 e. The zero-order valence-corrected chi connectivity index (χ0v) is 12.7. The van der Waals surface area contributed by atoms with Crippen molar-refractivity contribution in [2.75, 3.05) is 31.6 Å². The second-order valence-corrected chi connectivity index (χ2v) is 6.34. The number of carboxylic acids is 1. The summed E-state index contributed by atoms with van der Waals surface area (Å²) in [4.78, 5) is 34.7. The van der Waals surface area contributed by atoms with E-state index in [9.17, 15) is 9.59 Å². The van der Waals surface area contributed by atoms with Crippen LogP contribution in [0, 0.1) is 5.41 Å². The second kappa shape index (κ2) is 5.55. The van der Waals surface area contributed by atoms with E-state index in [0.29, 0.717) is 12.2 Å². The van der Waals surface area contributed by atoms with E-state index in [4.69, 9.17) is 5.11 Å². The Bertz CT molecular complexity index is 589. The van der Waals surface area contributed by atoms with E-state index in [-0.39, 0.29) is 17.0 Å². The summed E-state index contributed by atoms with van der Waals surface area (Å²) >= 11 is 0. The molecule has 1 amide bonds. The molecule has 1 N–H and O–H groups in total. The SMILES string of the molecule is CN1CC2(CCCN(c3cnc(C(=O)O)cn3)C2)CCC1=O. The lowest BCUT2D eigenvalue weighted by Gasteiger charge is -2.47. The van der Waals surface area contributed by atoms with Crippen LogP contribution in [0.4, 0.5) is 5.82 Å². The van der Waals surface area contributed by atoms with Crippen molar-refractivity contribution in [3.05, 3.63) is 18.1 Å². The van der Waals surface area contributed by atoms with Crippen LogP contribution in [0.2, 0.25) is 0 Å². The first-order chi connectivity index (χ1) is 10.5. The van der Waals surface area contributed by atoms with E-state index >= 15 is 0 Å². The van der Waals surface area contributed by atoms with Gasteiger partial charge in [0, 0.05) is 38.5 Å². The molecule has 3 heterocycles. The molecule has 2 aliphatic heterocycles. The van der Waals surface area contributed by atoms with Crippen LogP contribution in [0.15, 0.2) is 12.4 Å². The Balaban J connectivity index is 1.75. The molecule has 7 heteroatoms. The predicted octanol–water partition coefficient (Wildman–Crippen LogP) is 1.01. The highest BCUT2D eigenvalue weighted by atomic mass is 16.4. The fraction of sp³-hybridized carbons (Fsp3) is 0.600. The highest BCUT2D eigenvalue weighted by molar-refractivity contribution is 5.84. The Kier molecular flexibility index (Phi) is 3.72. The maximum atomic E-state index is 11.7. The van der Waals surface area contributed by atoms with E-state index in [2.05, 4.69) is 14.9 Å². The average molecular weight is 304 g/mol. The first kappa shape index (κ1) is 14.7. The van der Waals surface area contributed by atoms with Crippen LogP contribution < -0.4 is 4.90 Å². The average Bonchev–Trinajstić information content (AvgIpc) is 2.52. The normalized spacial score (nSPS) is 25.6. The van der Waals surface area contributed by atoms with Crippen molar-refractivity contribution in [3.63, 3.8) is 0 Å². The highest BCUT2D eigenvalue weighted by Gasteiger charge is 2.41. The number of carbonyl (C=O) groups excluding carboxylic acids is 1. The van der Waals surface area contributed by atoms with Crippen LogP contribution in [0.5, 0.6) is 0 Å². The van der Waals surface area contributed by atoms with Crippen LogP contribution in [0.3, 0.4) is 0 Å². The molecule has 7 nitrogen and oxygen atoms in total. The number of likely N-dealkylation sites (tertiary alicyclic amines) is 1. The number of aromatic nitrogens is 2. The highest BCUT2D eigenvalue weighted by Crippen LogP contribution is 2.39. The first-order valence-electron chi connectivity index (χ1n) is 7.53. The van der Waals surface area contributed by atoms with Gasteiger partial charge in [-0.15, -0.1) is 0 Å². The number of amides is 1. The largest absolute Gasteiger partial charge is 0.476 e. The third-order valence-electron chi connectivity index (χ3n) is 4.71. The number of carboxylic acid groups (broad SMARTS) is 1. The number of rotatable bonds is 2. The van der Waals surface area contributed by atoms with Crippen molar-refractivity contribution >= 4 is 17.7 Å². The predicted molar refractivity (Wildman–Crippen MR) is 79.7 cm³/mol. The molecule has 0 saturated carbocycles. The molecule has 1 spiro atoms. The summed E-state index contributed by atoms with van der Waals surface area (Å²) in [6.07, 6.45) is 6.50. The quantitative estimate of drug-likeness (QED) is 0.877. The van der Waals surface area contributed by atoms with E-state index in [1.165, 1.54) is 12.4 Å². The Morgan fingerprint density at radius 2 is 2.09 bits per heavy atom. The van der Waals surface area contributed by atoms with Gasteiger partial charge in [-0.3, -0.25) is 4.79 Å². The van der Waals surface area contributed by atoms with Crippen molar-refractivity contribution in [2.24, 2.45) is 5.41 Å². The summed E-state index contributed by atoms with van der Waals surface area (Å²) in [5, 5.41) is 8.89. The minimum Gasteiger partial charge on any atom is -0.476 e. The topological polar surface area (TPSA) is 86.6 Å². The van der Waals surface area contributed by atoms with Crippen LogP contribution >= 0.6 is 0 Å².